The summed E-state index contributed by atoms with van der Waals surface area (Å²) in [6.45, 7) is 14.7. The van der Waals surface area contributed by atoms with Gasteiger partial charge in [-0.05, 0) is 81.9 Å². The number of likely N-dealkylation sites (tertiary alicyclic amines) is 1. The number of carbonyl (C=O) groups is 1. The summed E-state index contributed by atoms with van der Waals surface area (Å²) in [4.78, 5) is 14.5. The van der Waals surface area contributed by atoms with Crippen LogP contribution in [0.3, 0.4) is 0 Å². The normalized spacial score (nSPS) is 14.5. The molecule has 0 N–H and O–H groups in total. The van der Waals surface area contributed by atoms with E-state index in [2.05, 4.69) is 42.3 Å². The molecule has 1 aliphatic heterocycles. The molecule has 3 rings (SSSR count). The summed E-state index contributed by atoms with van der Waals surface area (Å²) in [6.07, 6.45) is 3.66. The highest BCUT2D eigenvalue weighted by molar-refractivity contribution is 7.92. The fraction of sp³-hybridized carbons (Fsp3) is 0.423. The van der Waals surface area contributed by atoms with Crippen LogP contribution in [0, 0.1) is 0 Å². The average Bonchev–Trinajstić information content (AvgIpc) is 3.26. The summed E-state index contributed by atoms with van der Waals surface area (Å²) in [5.41, 5.74) is 2.58. The highest BCUT2D eigenvalue weighted by Gasteiger charge is 2.24. The smallest absolute Gasteiger partial charge is 0.322 e. The number of esters is 1. The van der Waals surface area contributed by atoms with E-state index in [1.54, 1.807) is 45.0 Å². The summed E-state index contributed by atoms with van der Waals surface area (Å²) in [7, 11) is -3.73. The van der Waals surface area contributed by atoms with Crippen LogP contribution in [0.1, 0.15) is 39.2 Å². The zero-order chi connectivity index (χ0) is 23.8. The van der Waals surface area contributed by atoms with E-state index in [0.29, 0.717) is 0 Å². The van der Waals surface area contributed by atoms with Gasteiger partial charge in [0.1, 0.15) is 5.60 Å². The minimum absolute atomic E-state index is 0.124. The van der Waals surface area contributed by atoms with Crippen LogP contribution in [0.25, 0.3) is 11.1 Å². The van der Waals surface area contributed by atoms with Crippen molar-refractivity contribution in [2.45, 2.75) is 50.5 Å². The molecule has 2 aromatic carbocycles. The maximum atomic E-state index is 12.5. The maximum absolute atomic E-state index is 12.5. The van der Waals surface area contributed by atoms with E-state index in [1.165, 1.54) is 31.5 Å². The average molecular weight is 458 g/mol. The van der Waals surface area contributed by atoms with Gasteiger partial charge >= 0.3 is 5.97 Å². The van der Waals surface area contributed by atoms with Crippen molar-refractivity contribution >= 4 is 15.8 Å². The van der Waals surface area contributed by atoms with Crippen molar-refractivity contribution in [3.8, 4) is 11.1 Å². The van der Waals surface area contributed by atoms with Crippen LogP contribution in [-0.2, 0) is 25.8 Å². The van der Waals surface area contributed by atoms with E-state index in [1.807, 2.05) is 0 Å². The van der Waals surface area contributed by atoms with Crippen molar-refractivity contribution in [3.05, 3.63) is 67.3 Å². The fourth-order valence-corrected chi connectivity index (χ4v) is 4.71. The predicted molar refractivity (Wildman–Crippen MR) is 130 cm³/mol. The maximum Gasteiger partial charge on any atom is 0.322 e. The summed E-state index contributed by atoms with van der Waals surface area (Å²) in [5.74, 6) is -1.40. The highest BCUT2D eigenvalue weighted by Crippen LogP contribution is 2.23. The summed E-state index contributed by atoms with van der Waals surface area (Å²) < 4.78 is 30.1. The van der Waals surface area contributed by atoms with Crippen molar-refractivity contribution < 1.29 is 17.9 Å². The summed E-state index contributed by atoms with van der Waals surface area (Å²) >= 11 is 0. The van der Waals surface area contributed by atoms with Gasteiger partial charge in [-0.1, -0.05) is 36.4 Å². The molecule has 0 spiro atoms. The van der Waals surface area contributed by atoms with E-state index in [4.69, 9.17) is 4.74 Å². The van der Waals surface area contributed by atoms with Crippen LogP contribution in [0.4, 0.5) is 0 Å². The molecule has 32 heavy (non-hydrogen) atoms. The quantitative estimate of drug-likeness (QED) is 0.437. The molecule has 1 aliphatic rings. The molecule has 5 nitrogen and oxygen atoms in total. The molecular weight excluding hydrogens is 422 g/mol. The second kappa shape index (κ2) is 11.4. The van der Waals surface area contributed by atoms with Crippen LogP contribution < -0.4 is 0 Å². The van der Waals surface area contributed by atoms with Crippen LogP contribution in [-0.4, -0.2) is 50.3 Å². The Kier molecular flexibility index (Phi) is 9.22. The lowest BCUT2D eigenvalue weighted by molar-refractivity contribution is -0.151. The lowest BCUT2D eigenvalue weighted by atomic mass is 10.0. The van der Waals surface area contributed by atoms with Gasteiger partial charge in [0.25, 0.3) is 0 Å². The van der Waals surface area contributed by atoms with Crippen LogP contribution >= 0.6 is 0 Å². The molecule has 0 radical (unpaired) electrons. The standard InChI is InChI=1S/C24H31NO4S.C2H4/c1-24(2,3)29-23(26)18-30(27,28)22-12-10-21(11-13-22)20-8-6-19(7-9-20)14-17-25-15-4-5-16-25;1-2/h6-13H,4-5,14-18H2,1-3H3;1-2H2. The molecule has 1 heterocycles. The van der Waals surface area contributed by atoms with E-state index in [0.717, 1.165) is 24.1 Å². The Hall–Kier alpha value is -2.44. The van der Waals surface area contributed by atoms with E-state index in [-0.39, 0.29) is 4.90 Å². The number of ether oxygens (including phenoxy) is 1. The lowest BCUT2D eigenvalue weighted by Crippen LogP contribution is -2.28. The van der Waals surface area contributed by atoms with Gasteiger partial charge in [0.05, 0.1) is 4.90 Å². The summed E-state index contributed by atoms with van der Waals surface area (Å²) in [6, 6.07) is 15.1. The number of rotatable bonds is 7. The predicted octanol–water partition coefficient (Wildman–Crippen LogP) is 4.91. The minimum Gasteiger partial charge on any atom is -0.459 e. The van der Waals surface area contributed by atoms with Crippen molar-refractivity contribution in [2.24, 2.45) is 0 Å². The monoisotopic (exact) mass is 457 g/mol. The third-order valence-electron chi connectivity index (χ3n) is 5.14. The Bertz CT molecular complexity index is 968. The Morgan fingerprint density at radius 3 is 1.94 bits per heavy atom. The number of hydrogen-bond donors (Lipinski definition) is 0. The highest BCUT2D eigenvalue weighted by atomic mass is 32.2. The van der Waals surface area contributed by atoms with Gasteiger partial charge in [0.15, 0.2) is 15.6 Å². The number of benzene rings is 2. The first kappa shape index (κ1) is 25.8. The minimum atomic E-state index is -3.73. The number of nitrogens with zero attached hydrogens (tertiary/aromatic N) is 1. The first-order chi connectivity index (χ1) is 15.1. The molecule has 1 saturated heterocycles. The van der Waals surface area contributed by atoms with Gasteiger partial charge < -0.3 is 9.64 Å². The zero-order valence-corrected chi connectivity index (χ0v) is 20.3. The topological polar surface area (TPSA) is 63.7 Å². The van der Waals surface area contributed by atoms with Crippen molar-refractivity contribution in [1.82, 2.24) is 4.90 Å². The Balaban J connectivity index is 0.00000176. The van der Waals surface area contributed by atoms with Crippen LogP contribution in [0.15, 0.2) is 66.6 Å². The largest absolute Gasteiger partial charge is 0.459 e. The van der Waals surface area contributed by atoms with E-state index in [9.17, 15) is 13.2 Å². The molecule has 0 unspecified atom stereocenters. The third-order valence-corrected chi connectivity index (χ3v) is 6.75. The molecule has 0 bridgehead atoms. The second-order valence-electron chi connectivity index (χ2n) is 8.87. The van der Waals surface area contributed by atoms with Crippen molar-refractivity contribution in [2.75, 3.05) is 25.4 Å². The molecule has 0 atom stereocenters. The van der Waals surface area contributed by atoms with Crippen molar-refractivity contribution in [1.29, 1.82) is 0 Å². The molecule has 0 aliphatic carbocycles. The molecule has 174 valence electrons. The first-order valence-electron chi connectivity index (χ1n) is 11.0. The lowest BCUT2D eigenvalue weighted by Gasteiger charge is -2.19. The molecular formula is C26H35NO4S. The number of sulfone groups is 1. The first-order valence-corrected chi connectivity index (χ1v) is 12.6. The van der Waals surface area contributed by atoms with Gasteiger partial charge in [-0.3, -0.25) is 4.79 Å². The van der Waals surface area contributed by atoms with Gasteiger partial charge in [0.2, 0.25) is 0 Å². The van der Waals surface area contributed by atoms with Crippen molar-refractivity contribution in [3.63, 3.8) is 0 Å². The Morgan fingerprint density at radius 1 is 0.938 bits per heavy atom. The SMILES string of the molecule is C=C.CC(C)(C)OC(=O)CS(=O)(=O)c1ccc(-c2ccc(CCN3CCCC3)cc2)cc1. The third kappa shape index (κ3) is 7.92. The fourth-order valence-electron chi connectivity index (χ4n) is 3.62. The van der Waals surface area contributed by atoms with Gasteiger partial charge in [0, 0.05) is 6.54 Å². The van der Waals surface area contributed by atoms with Crippen LogP contribution in [0.5, 0.6) is 0 Å². The van der Waals surface area contributed by atoms with Crippen LogP contribution in [0.2, 0.25) is 0 Å². The molecule has 0 saturated carbocycles. The number of hydrogen-bond acceptors (Lipinski definition) is 5. The van der Waals surface area contributed by atoms with Gasteiger partial charge in [-0.15, -0.1) is 13.2 Å². The molecule has 0 amide bonds. The van der Waals surface area contributed by atoms with E-state index >= 15 is 0 Å². The van der Waals surface area contributed by atoms with E-state index < -0.39 is 27.2 Å². The Labute approximate surface area is 193 Å². The summed E-state index contributed by atoms with van der Waals surface area (Å²) in [5, 5.41) is 0. The zero-order valence-electron chi connectivity index (χ0n) is 19.5. The van der Waals surface area contributed by atoms with Gasteiger partial charge in [-0.2, -0.15) is 0 Å². The van der Waals surface area contributed by atoms with Gasteiger partial charge in [-0.25, -0.2) is 8.42 Å². The molecule has 6 heteroatoms. The molecule has 0 aromatic heterocycles. The second-order valence-corrected chi connectivity index (χ2v) is 10.9. The number of carbonyl (C=O) groups excluding carboxylic acids is 1. The molecule has 1 fully saturated rings. The molecule has 2 aromatic rings. The Morgan fingerprint density at radius 2 is 1.44 bits per heavy atom.